The molecule has 1 aromatic rings. The Morgan fingerprint density at radius 2 is 2.26 bits per heavy atom. The van der Waals surface area contributed by atoms with Gasteiger partial charge in [-0.25, -0.2) is 4.98 Å². The normalized spacial score (nSPS) is 19.9. The number of pyridine rings is 1. The molecule has 1 aliphatic heterocycles. The molecule has 0 amide bonds. The average molecular weight is 343 g/mol. The molecule has 0 radical (unpaired) electrons. The van der Waals surface area contributed by atoms with Crippen molar-refractivity contribution in [3.63, 3.8) is 0 Å². The Kier molecular flexibility index (Phi) is 8.84. The molecular formula is C17H31ClN4O. The van der Waals surface area contributed by atoms with E-state index in [9.17, 15) is 0 Å². The molecule has 0 saturated carbocycles. The summed E-state index contributed by atoms with van der Waals surface area (Å²) in [6.45, 7) is 6.93. The number of rotatable bonds is 7. The van der Waals surface area contributed by atoms with E-state index in [4.69, 9.17) is 10.5 Å². The van der Waals surface area contributed by atoms with E-state index < -0.39 is 0 Å². The van der Waals surface area contributed by atoms with Crippen LogP contribution in [0.2, 0.25) is 0 Å². The van der Waals surface area contributed by atoms with Gasteiger partial charge in [0.15, 0.2) is 0 Å². The van der Waals surface area contributed by atoms with Crippen LogP contribution in [0.3, 0.4) is 0 Å². The van der Waals surface area contributed by atoms with Crippen LogP contribution in [0, 0.1) is 5.92 Å². The predicted molar refractivity (Wildman–Crippen MR) is 98.3 cm³/mol. The number of likely N-dealkylation sites (N-methyl/N-ethyl adjacent to an activating group) is 1. The van der Waals surface area contributed by atoms with Crippen molar-refractivity contribution in [2.75, 3.05) is 45.3 Å². The molecule has 2 N–H and O–H groups in total. The number of aromatic nitrogens is 1. The molecule has 1 aromatic heterocycles. The number of hydrogen-bond donors (Lipinski definition) is 1. The van der Waals surface area contributed by atoms with Crippen LogP contribution in [-0.2, 0) is 11.3 Å². The zero-order chi connectivity index (χ0) is 15.9. The number of anilines is 1. The second kappa shape index (κ2) is 10.1. The second-order valence-corrected chi connectivity index (χ2v) is 6.44. The van der Waals surface area contributed by atoms with Gasteiger partial charge in [0.05, 0.1) is 6.61 Å². The largest absolute Gasteiger partial charge is 0.383 e. The highest BCUT2D eigenvalue weighted by Gasteiger charge is 2.22. The van der Waals surface area contributed by atoms with E-state index in [1.165, 1.54) is 24.9 Å². The van der Waals surface area contributed by atoms with Crippen LogP contribution >= 0.6 is 12.4 Å². The van der Waals surface area contributed by atoms with Crippen LogP contribution in [0.4, 0.5) is 5.82 Å². The first kappa shape index (κ1) is 20.2. The van der Waals surface area contributed by atoms with Crippen molar-refractivity contribution in [1.29, 1.82) is 0 Å². The zero-order valence-corrected chi connectivity index (χ0v) is 15.4. The SMILES string of the molecule is COCCN(C)c1ccc(CN2CCCC(C(C)N)C2)cn1.Cl. The Balaban J connectivity index is 0.00000264. The lowest BCUT2D eigenvalue weighted by molar-refractivity contribution is 0.154. The number of ether oxygens (including phenoxy) is 1. The van der Waals surface area contributed by atoms with Crippen molar-refractivity contribution in [3.05, 3.63) is 23.9 Å². The van der Waals surface area contributed by atoms with Crippen molar-refractivity contribution in [2.45, 2.75) is 32.4 Å². The Bertz CT molecular complexity index is 441. The summed E-state index contributed by atoms with van der Waals surface area (Å²) in [5.74, 6) is 1.62. The first-order valence-corrected chi connectivity index (χ1v) is 8.23. The fraction of sp³-hybridized carbons (Fsp3) is 0.706. The van der Waals surface area contributed by atoms with Gasteiger partial charge in [0, 0.05) is 46.0 Å². The topological polar surface area (TPSA) is 54.6 Å². The quantitative estimate of drug-likeness (QED) is 0.822. The molecule has 1 saturated heterocycles. The third-order valence-corrected chi connectivity index (χ3v) is 4.52. The van der Waals surface area contributed by atoms with Crippen LogP contribution < -0.4 is 10.6 Å². The lowest BCUT2D eigenvalue weighted by Crippen LogP contribution is -2.41. The molecule has 5 nitrogen and oxygen atoms in total. The van der Waals surface area contributed by atoms with E-state index in [1.807, 2.05) is 13.2 Å². The molecule has 0 bridgehead atoms. The molecule has 2 unspecified atom stereocenters. The van der Waals surface area contributed by atoms with Gasteiger partial charge in [-0.05, 0) is 43.9 Å². The molecule has 0 aliphatic carbocycles. The van der Waals surface area contributed by atoms with Gasteiger partial charge in [-0.3, -0.25) is 4.90 Å². The molecular weight excluding hydrogens is 312 g/mol. The molecule has 2 atom stereocenters. The van der Waals surface area contributed by atoms with Gasteiger partial charge >= 0.3 is 0 Å². The maximum Gasteiger partial charge on any atom is 0.128 e. The molecule has 2 heterocycles. The van der Waals surface area contributed by atoms with Gasteiger partial charge < -0.3 is 15.4 Å². The van der Waals surface area contributed by atoms with Crippen LogP contribution in [0.25, 0.3) is 0 Å². The van der Waals surface area contributed by atoms with Crippen molar-refractivity contribution in [1.82, 2.24) is 9.88 Å². The Hall–Kier alpha value is -0.880. The number of nitrogens with zero attached hydrogens (tertiary/aromatic N) is 3. The van der Waals surface area contributed by atoms with Gasteiger partial charge in [-0.2, -0.15) is 0 Å². The third kappa shape index (κ3) is 6.26. The molecule has 23 heavy (non-hydrogen) atoms. The second-order valence-electron chi connectivity index (χ2n) is 6.44. The van der Waals surface area contributed by atoms with Crippen molar-refractivity contribution >= 4 is 18.2 Å². The fourth-order valence-electron chi connectivity index (χ4n) is 3.00. The number of hydrogen-bond acceptors (Lipinski definition) is 5. The fourth-order valence-corrected chi connectivity index (χ4v) is 3.00. The molecule has 0 aromatic carbocycles. The predicted octanol–water partition coefficient (Wildman–Crippen LogP) is 2.15. The van der Waals surface area contributed by atoms with Crippen LogP contribution in [0.15, 0.2) is 18.3 Å². The molecule has 132 valence electrons. The first-order chi connectivity index (χ1) is 10.6. The summed E-state index contributed by atoms with van der Waals surface area (Å²) in [6, 6.07) is 4.57. The highest BCUT2D eigenvalue weighted by atomic mass is 35.5. The van der Waals surface area contributed by atoms with E-state index in [-0.39, 0.29) is 18.4 Å². The first-order valence-electron chi connectivity index (χ1n) is 8.23. The number of methoxy groups -OCH3 is 1. The summed E-state index contributed by atoms with van der Waals surface area (Å²) in [5.41, 5.74) is 7.33. The van der Waals surface area contributed by atoms with E-state index in [2.05, 4.69) is 33.8 Å². The number of halogens is 1. The van der Waals surface area contributed by atoms with E-state index in [0.29, 0.717) is 12.5 Å². The summed E-state index contributed by atoms with van der Waals surface area (Å²) in [4.78, 5) is 9.18. The van der Waals surface area contributed by atoms with Crippen LogP contribution in [0.1, 0.15) is 25.3 Å². The number of likely N-dealkylation sites (tertiary alicyclic amines) is 1. The standard InChI is InChI=1S/C17H30N4O.ClH/c1-14(18)16-5-4-8-21(13-16)12-15-6-7-17(19-11-15)20(2)9-10-22-3;/h6-7,11,14,16H,4-5,8-10,12-13,18H2,1-3H3;1H. The van der Waals surface area contributed by atoms with E-state index >= 15 is 0 Å². The molecule has 0 spiro atoms. The van der Waals surface area contributed by atoms with Crippen molar-refractivity contribution in [2.24, 2.45) is 11.7 Å². The summed E-state index contributed by atoms with van der Waals surface area (Å²) in [5, 5.41) is 0. The summed E-state index contributed by atoms with van der Waals surface area (Å²) >= 11 is 0. The van der Waals surface area contributed by atoms with Crippen LogP contribution in [-0.4, -0.2) is 56.3 Å². The van der Waals surface area contributed by atoms with Crippen LogP contribution in [0.5, 0.6) is 0 Å². The minimum absolute atomic E-state index is 0. The van der Waals surface area contributed by atoms with Gasteiger partial charge in [-0.15, -0.1) is 12.4 Å². The van der Waals surface area contributed by atoms with Crippen molar-refractivity contribution in [3.8, 4) is 0 Å². The Morgan fingerprint density at radius 1 is 1.48 bits per heavy atom. The van der Waals surface area contributed by atoms with Gasteiger partial charge in [0.25, 0.3) is 0 Å². The van der Waals surface area contributed by atoms with E-state index in [0.717, 1.165) is 25.5 Å². The number of nitrogens with two attached hydrogens (primary N) is 1. The highest BCUT2D eigenvalue weighted by molar-refractivity contribution is 5.85. The summed E-state index contributed by atoms with van der Waals surface area (Å²) in [6.07, 6.45) is 4.50. The monoisotopic (exact) mass is 342 g/mol. The average Bonchev–Trinajstić information content (AvgIpc) is 2.53. The van der Waals surface area contributed by atoms with Gasteiger partial charge in [0.2, 0.25) is 0 Å². The smallest absolute Gasteiger partial charge is 0.128 e. The molecule has 1 fully saturated rings. The highest BCUT2D eigenvalue weighted by Crippen LogP contribution is 2.20. The van der Waals surface area contributed by atoms with E-state index in [1.54, 1.807) is 7.11 Å². The van der Waals surface area contributed by atoms with Gasteiger partial charge in [-0.1, -0.05) is 6.07 Å². The third-order valence-electron chi connectivity index (χ3n) is 4.52. The summed E-state index contributed by atoms with van der Waals surface area (Å²) in [7, 11) is 3.76. The molecule has 6 heteroatoms. The lowest BCUT2D eigenvalue weighted by atomic mass is 9.92. The zero-order valence-electron chi connectivity index (χ0n) is 14.6. The summed E-state index contributed by atoms with van der Waals surface area (Å²) < 4.78 is 5.10. The Labute approximate surface area is 146 Å². The Morgan fingerprint density at radius 3 is 2.87 bits per heavy atom. The lowest BCUT2D eigenvalue weighted by Gasteiger charge is -2.34. The molecule has 1 aliphatic rings. The van der Waals surface area contributed by atoms with Gasteiger partial charge in [0.1, 0.15) is 5.82 Å². The van der Waals surface area contributed by atoms with Crippen molar-refractivity contribution < 1.29 is 4.74 Å². The minimum Gasteiger partial charge on any atom is -0.383 e. The maximum atomic E-state index is 6.06. The molecule has 2 rings (SSSR count). The number of piperidine rings is 1. The minimum atomic E-state index is 0. The maximum absolute atomic E-state index is 6.06.